The zero-order valence-corrected chi connectivity index (χ0v) is 36.3. The maximum absolute atomic E-state index is 12.7. The van der Waals surface area contributed by atoms with Crippen LogP contribution in [0.5, 0.6) is 0 Å². The molecule has 6 heteroatoms. The first kappa shape index (κ1) is 52.2. The van der Waals surface area contributed by atoms with Gasteiger partial charge >= 0.3 is 17.9 Å². The van der Waals surface area contributed by atoms with Crippen molar-refractivity contribution in [3.8, 4) is 0 Å². The first-order chi connectivity index (χ1) is 26.5. The van der Waals surface area contributed by atoms with E-state index in [1.807, 2.05) is 0 Å². The number of hydrogen-bond acceptors (Lipinski definition) is 6. The van der Waals surface area contributed by atoms with E-state index in [9.17, 15) is 14.4 Å². The van der Waals surface area contributed by atoms with Crippen LogP contribution in [0.3, 0.4) is 0 Å². The van der Waals surface area contributed by atoms with E-state index >= 15 is 0 Å². The highest BCUT2D eigenvalue weighted by Gasteiger charge is 2.19. The Labute approximate surface area is 335 Å². The molecular weight excluding hydrogens is 673 g/mol. The van der Waals surface area contributed by atoms with Gasteiger partial charge in [0.1, 0.15) is 13.2 Å². The van der Waals surface area contributed by atoms with Gasteiger partial charge in [-0.05, 0) is 44.9 Å². The summed E-state index contributed by atoms with van der Waals surface area (Å²) in [7, 11) is 0. The summed E-state index contributed by atoms with van der Waals surface area (Å²) in [5, 5.41) is 0. The SMILES string of the molecule is CCCCC/C=C\CCCCCCCC(=O)OCC(COC(=O)CCCCCCCCCCCCCC)OC(=O)CCCCCCCCCCCCCC. The van der Waals surface area contributed by atoms with Crippen LogP contribution in [0.1, 0.15) is 258 Å². The Morgan fingerprint density at radius 2 is 0.611 bits per heavy atom. The Hall–Kier alpha value is -1.85. The van der Waals surface area contributed by atoms with Gasteiger partial charge in [-0.3, -0.25) is 14.4 Å². The molecule has 0 aliphatic heterocycles. The number of allylic oxidation sites excluding steroid dienone is 2. The molecule has 54 heavy (non-hydrogen) atoms. The molecule has 0 amide bonds. The third kappa shape index (κ3) is 41.3. The molecule has 0 bridgehead atoms. The Morgan fingerprint density at radius 1 is 0.352 bits per heavy atom. The fourth-order valence-electron chi connectivity index (χ4n) is 6.91. The van der Waals surface area contributed by atoms with Gasteiger partial charge in [-0.1, -0.05) is 206 Å². The monoisotopic (exact) mass is 763 g/mol. The van der Waals surface area contributed by atoms with Crippen molar-refractivity contribution < 1.29 is 28.6 Å². The van der Waals surface area contributed by atoms with E-state index in [2.05, 4.69) is 32.9 Å². The lowest BCUT2D eigenvalue weighted by Crippen LogP contribution is -2.30. The second kappa shape index (κ2) is 43.9. The van der Waals surface area contributed by atoms with Crippen molar-refractivity contribution in [3.63, 3.8) is 0 Å². The van der Waals surface area contributed by atoms with Gasteiger partial charge in [0.05, 0.1) is 0 Å². The number of rotatable bonds is 43. The van der Waals surface area contributed by atoms with Crippen LogP contribution in [0, 0.1) is 0 Å². The van der Waals surface area contributed by atoms with E-state index in [0.29, 0.717) is 19.3 Å². The summed E-state index contributed by atoms with van der Waals surface area (Å²) in [5.41, 5.74) is 0. The molecule has 1 atom stereocenters. The minimum Gasteiger partial charge on any atom is -0.462 e. The lowest BCUT2D eigenvalue weighted by Gasteiger charge is -2.18. The van der Waals surface area contributed by atoms with Gasteiger partial charge in [-0.2, -0.15) is 0 Å². The smallest absolute Gasteiger partial charge is 0.306 e. The van der Waals surface area contributed by atoms with Crippen molar-refractivity contribution in [3.05, 3.63) is 12.2 Å². The summed E-state index contributed by atoms with van der Waals surface area (Å²) in [5.74, 6) is -0.867. The normalized spacial score (nSPS) is 12.0. The summed E-state index contributed by atoms with van der Waals surface area (Å²) in [6, 6.07) is 0. The van der Waals surface area contributed by atoms with Crippen molar-refractivity contribution in [2.24, 2.45) is 0 Å². The lowest BCUT2D eigenvalue weighted by atomic mass is 10.0. The number of hydrogen-bond donors (Lipinski definition) is 0. The van der Waals surface area contributed by atoms with Gasteiger partial charge in [-0.15, -0.1) is 0 Å². The molecule has 0 rings (SSSR count). The summed E-state index contributed by atoms with van der Waals surface area (Å²) in [4.78, 5) is 37.7. The van der Waals surface area contributed by atoms with Crippen LogP contribution in [0.4, 0.5) is 0 Å². The summed E-state index contributed by atoms with van der Waals surface area (Å²) in [6.07, 6.45) is 46.1. The molecule has 318 valence electrons. The minimum atomic E-state index is -0.764. The molecule has 0 saturated heterocycles. The van der Waals surface area contributed by atoms with E-state index in [4.69, 9.17) is 14.2 Å². The molecule has 6 nitrogen and oxygen atoms in total. The number of esters is 3. The topological polar surface area (TPSA) is 78.9 Å². The second-order valence-corrected chi connectivity index (χ2v) is 16.0. The fourth-order valence-corrected chi connectivity index (χ4v) is 6.91. The van der Waals surface area contributed by atoms with E-state index in [-0.39, 0.29) is 31.1 Å². The van der Waals surface area contributed by atoms with Crippen molar-refractivity contribution in [1.82, 2.24) is 0 Å². The van der Waals surface area contributed by atoms with Gasteiger partial charge in [0.15, 0.2) is 6.10 Å². The standard InChI is InChI=1S/C48H90O6/c1-4-7-10-13-16-19-22-25-28-31-34-37-40-46(49)52-43-45(54-48(51)42-39-36-33-30-27-24-21-18-15-12-9-6-3)44-53-47(50)41-38-35-32-29-26-23-20-17-14-11-8-5-2/h16,19,45H,4-15,17-18,20-44H2,1-3H3/b19-16-. The third-order valence-corrected chi connectivity index (χ3v) is 10.5. The third-order valence-electron chi connectivity index (χ3n) is 10.5. The summed E-state index contributed by atoms with van der Waals surface area (Å²) < 4.78 is 16.7. The van der Waals surface area contributed by atoms with Crippen molar-refractivity contribution in [1.29, 1.82) is 0 Å². The Morgan fingerprint density at radius 3 is 0.963 bits per heavy atom. The maximum atomic E-state index is 12.7. The maximum Gasteiger partial charge on any atom is 0.306 e. The van der Waals surface area contributed by atoms with Crippen molar-refractivity contribution in [2.45, 2.75) is 264 Å². The van der Waals surface area contributed by atoms with E-state index < -0.39 is 6.10 Å². The molecule has 0 aliphatic carbocycles. The van der Waals surface area contributed by atoms with Gasteiger partial charge in [-0.25, -0.2) is 0 Å². The zero-order valence-electron chi connectivity index (χ0n) is 36.3. The summed E-state index contributed by atoms with van der Waals surface area (Å²) in [6.45, 7) is 6.61. The molecule has 0 N–H and O–H groups in total. The molecule has 0 spiro atoms. The molecule has 1 unspecified atom stereocenters. The van der Waals surface area contributed by atoms with E-state index in [0.717, 1.165) is 64.2 Å². The number of carbonyl (C=O) groups excluding carboxylic acids is 3. The molecule has 0 radical (unpaired) electrons. The van der Waals surface area contributed by atoms with Crippen LogP contribution in [-0.2, 0) is 28.6 Å². The highest BCUT2D eigenvalue weighted by molar-refractivity contribution is 5.71. The average Bonchev–Trinajstić information content (AvgIpc) is 3.17. The van der Waals surface area contributed by atoms with Crippen LogP contribution < -0.4 is 0 Å². The number of unbranched alkanes of at least 4 members (excludes halogenated alkanes) is 30. The molecule has 0 aliphatic rings. The van der Waals surface area contributed by atoms with Crippen LogP contribution in [0.15, 0.2) is 12.2 Å². The molecule has 0 saturated carbocycles. The molecule has 0 aromatic carbocycles. The number of ether oxygens (including phenoxy) is 3. The Bertz CT molecular complexity index is 839. The van der Waals surface area contributed by atoms with Gasteiger partial charge in [0, 0.05) is 19.3 Å². The fraction of sp³-hybridized carbons (Fsp3) is 0.896. The quantitative estimate of drug-likeness (QED) is 0.0266. The highest BCUT2D eigenvalue weighted by Crippen LogP contribution is 2.15. The minimum absolute atomic E-state index is 0.0679. The number of carbonyl (C=O) groups is 3. The predicted octanol–water partition coefficient (Wildman–Crippen LogP) is 15.0. The first-order valence-corrected chi connectivity index (χ1v) is 23.7. The highest BCUT2D eigenvalue weighted by atomic mass is 16.6. The molecule has 0 fully saturated rings. The molecule has 0 aromatic rings. The molecular formula is C48H90O6. The first-order valence-electron chi connectivity index (χ1n) is 23.7. The average molecular weight is 763 g/mol. The van der Waals surface area contributed by atoms with E-state index in [1.165, 1.54) is 154 Å². The van der Waals surface area contributed by atoms with Gasteiger partial charge in [0.25, 0.3) is 0 Å². The van der Waals surface area contributed by atoms with Crippen LogP contribution in [-0.4, -0.2) is 37.2 Å². The van der Waals surface area contributed by atoms with Crippen molar-refractivity contribution >= 4 is 17.9 Å². The van der Waals surface area contributed by atoms with Crippen LogP contribution in [0.2, 0.25) is 0 Å². The Balaban J connectivity index is 4.35. The molecule has 0 heterocycles. The van der Waals surface area contributed by atoms with Crippen LogP contribution in [0.25, 0.3) is 0 Å². The lowest BCUT2D eigenvalue weighted by molar-refractivity contribution is -0.167. The summed E-state index contributed by atoms with van der Waals surface area (Å²) >= 11 is 0. The van der Waals surface area contributed by atoms with Crippen LogP contribution >= 0.6 is 0 Å². The zero-order chi connectivity index (χ0) is 39.4. The van der Waals surface area contributed by atoms with Crippen molar-refractivity contribution in [2.75, 3.05) is 13.2 Å². The second-order valence-electron chi connectivity index (χ2n) is 16.0. The largest absolute Gasteiger partial charge is 0.462 e. The van der Waals surface area contributed by atoms with E-state index in [1.54, 1.807) is 0 Å². The van der Waals surface area contributed by atoms with Gasteiger partial charge in [0.2, 0.25) is 0 Å². The van der Waals surface area contributed by atoms with Gasteiger partial charge < -0.3 is 14.2 Å². The molecule has 0 aromatic heterocycles. The predicted molar refractivity (Wildman–Crippen MR) is 229 cm³/mol. The Kier molecular flexibility index (Phi) is 42.4.